The molecule has 1 aromatic rings. The molecule has 1 aromatic heterocycles. The predicted molar refractivity (Wildman–Crippen MR) is 61.5 cm³/mol. The Morgan fingerprint density at radius 2 is 2.36 bits per heavy atom. The maximum atomic E-state index is 4.13. The minimum Gasteiger partial charge on any atom is -0.381 e. The zero-order valence-corrected chi connectivity index (χ0v) is 8.96. The van der Waals surface area contributed by atoms with Gasteiger partial charge in [0.15, 0.2) is 0 Å². The molecule has 1 unspecified atom stereocenters. The fourth-order valence-electron chi connectivity index (χ4n) is 1.36. The van der Waals surface area contributed by atoms with Crippen LogP contribution in [0.2, 0.25) is 0 Å². The Balaban J connectivity index is 2.47. The SMILES string of the molecule is C=CCCC(C)Nc1cncc(C)c1. The molecule has 0 fully saturated rings. The maximum absolute atomic E-state index is 4.13. The van der Waals surface area contributed by atoms with Crippen molar-refractivity contribution in [2.75, 3.05) is 5.32 Å². The van der Waals surface area contributed by atoms with Gasteiger partial charge in [-0.05, 0) is 38.3 Å². The van der Waals surface area contributed by atoms with Gasteiger partial charge in [-0.2, -0.15) is 0 Å². The molecule has 0 bridgehead atoms. The average Bonchev–Trinajstić information content (AvgIpc) is 2.15. The van der Waals surface area contributed by atoms with Gasteiger partial charge in [-0.15, -0.1) is 6.58 Å². The molecule has 0 aliphatic heterocycles. The number of allylic oxidation sites excluding steroid dienone is 1. The van der Waals surface area contributed by atoms with E-state index in [1.165, 1.54) is 5.56 Å². The molecule has 0 spiro atoms. The third-order valence-electron chi connectivity index (χ3n) is 2.09. The van der Waals surface area contributed by atoms with Crippen molar-refractivity contribution in [1.82, 2.24) is 4.98 Å². The first kappa shape index (κ1) is 10.8. The van der Waals surface area contributed by atoms with Crippen LogP contribution < -0.4 is 5.32 Å². The highest BCUT2D eigenvalue weighted by molar-refractivity contribution is 5.43. The van der Waals surface area contributed by atoms with Gasteiger partial charge in [0.1, 0.15) is 0 Å². The zero-order chi connectivity index (χ0) is 10.4. The lowest BCUT2D eigenvalue weighted by atomic mass is 10.1. The van der Waals surface area contributed by atoms with Crippen molar-refractivity contribution in [2.45, 2.75) is 32.7 Å². The number of anilines is 1. The van der Waals surface area contributed by atoms with E-state index in [0.29, 0.717) is 6.04 Å². The third-order valence-corrected chi connectivity index (χ3v) is 2.09. The van der Waals surface area contributed by atoms with E-state index in [-0.39, 0.29) is 0 Å². The van der Waals surface area contributed by atoms with Gasteiger partial charge in [0, 0.05) is 18.4 Å². The highest BCUT2D eigenvalue weighted by Gasteiger charge is 2.00. The molecule has 2 nitrogen and oxygen atoms in total. The van der Waals surface area contributed by atoms with E-state index in [1.54, 1.807) is 0 Å². The van der Waals surface area contributed by atoms with Gasteiger partial charge < -0.3 is 5.32 Å². The molecule has 1 rings (SSSR count). The molecule has 0 radical (unpaired) electrons. The molecule has 0 amide bonds. The Morgan fingerprint density at radius 1 is 1.57 bits per heavy atom. The van der Waals surface area contributed by atoms with Gasteiger partial charge in [-0.25, -0.2) is 0 Å². The lowest BCUT2D eigenvalue weighted by molar-refractivity contribution is 0.718. The standard InChI is InChI=1S/C12H18N2/c1-4-5-6-11(3)14-12-7-10(2)8-13-9-12/h4,7-9,11,14H,1,5-6H2,2-3H3. The van der Waals surface area contributed by atoms with E-state index in [9.17, 15) is 0 Å². The summed E-state index contributed by atoms with van der Waals surface area (Å²) in [5, 5.41) is 3.41. The second-order valence-electron chi connectivity index (χ2n) is 3.66. The van der Waals surface area contributed by atoms with Crippen LogP contribution in [0.1, 0.15) is 25.3 Å². The number of aromatic nitrogens is 1. The van der Waals surface area contributed by atoms with Crippen LogP contribution in [0.5, 0.6) is 0 Å². The van der Waals surface area contributed by atoms with E-state index in [4.69, 9.17) is 0 Å². The van der Waals surface area contributed by atoms with Crippen LogP contribution in [-0.4, -0.2) is 11.0 Å². The van der Waals surface area contributed by atoms with E-state index in [0.717, 1.165) is 18.5 Å². The summed E-state index contributed by atoms with van der Waals surface area (Å²) < 4.78 is 0. The third kappa shape index (κ3) is 3.60. The monoisotopic (exact) mass is 190 g/mol. The molecule has 0 saturated heterocycles. The summed E-state index contributed by atoms with van der Waals surface area (Å²) >= 11 is 0. The highest BCUT2D eigenvalue weighted by Crippen LogP contribution is 2.10. The predicted octanol–water partition coefficient (Wildman–Crippen LogP) is 3.16. The number of hydrogen-bond donors (Lipinski definition) is 1. The van der Waals surface area contributed by atoms with E-state index >= 15 is 0 Å². The molecule has 1 N–H and O–H groups in total. The molecule has 76 valence electrons. The van der Waals surface area contributed by atoms with Crippen LogP contribution in [0.15, 0.2) is 31.1 Å². The number of rotatable bonds is 5. The quantitative estimate of drug-likeness (QED) is 0.721. The fraction of sp³-hybridized carbons (Fsp3) is 0.417. The minimum absolute atomic E-state index is 0.469. The molecule has 0 aliphatic rings. The van der Waals surface area contributed by atoms with Gasteiger partial charge in [-0.1, -0.05) is 6.08 Å². The molecular weight excluding hydrogens is 172 g/mol. The van der Waals surface area contributed by atoms with Crippen molar-refractivity contribution >= 4 is 5.69 Å². The summed E-state index contributed by atoms with van der Waals surface area (Å²) in [5.74, 6) is 0. The largest absolute Gasteiger partial charge is 0.381 e. The molecule has 0 aliphatic carbocycles. The number of nitrogens with one attached hydrogen (secondary N) is 1. The molecule has 1 heterocycles. The molecule has 2 heteroatoms. The first-order valence-electron chi connectivity index (χ1n) is 5.01. The Kier molecular flexibility index (Phi) is 4.17. The molecule has 0 saturated carbocycles. The topological polar surface area (TPSA) is 24.9 Å². The second kappa shape index (κ2) is 5.43. The molecule has 0 aromatic carbocycles. The summed E-state index contributed by atoms with van der Waals surface area (Å²) in [7, 11) is 0. The number of nitrogens with zero attached hydrogens (tertiary/aromatic N) is 1. The van der Waals surface area contributed by atoms with Crippen LogP contribution in [0.4, 0.5) is 5.69 Å². The van der Waals surface area contributed by atoms with Gasteiger partial charge in [-0.3, -0.25) is 4.98 Å². The highest BCUT2D eigenvalue weighted by atomic mass is 14.9. The van der Waals surface area contributed by atoms with Gasteiger partial charge in [0.2, 0.25) is 0 Å². The van der Waals surface area contributed by atoms with Crippen LogP contribution in [0, 0.1) is 6.92 Å². The van der Waals surface area contributed by atoms with Crippen molar-refractivity contribution < 1.29 is 0 Å². The summed E-state index contributed by atoms with van der Waals surface area (Å²) in [4.78, 5) is 4.13. The maximum Gasteiger partial charge on any atom is 0.0531 e. The Morgan fingerprint density at radius 3 is 3.00 bits per heavy atom. The molecule has 1 atom stereocenters. The molecular formula is C12H18N2. The van der Waals surface area contributed by atoms with E-state index in [1.807, 2.05) is 25.4 Å². The first-order valence-corrected chi connectivity index (χ1v) is 5.01. The van der Waals surface area contributed by atoms with Crippen molar-refractivity contribution in [3.05, 3.63) is 36.7 Å². The summed E-state index contributed by atoms with van der Waals surface area (Å²) in [6.07, 6.45) is 7.83. The lowest BCUT2D eigenvalue weighted by Crippen LogP contribution is -2.14. The van der Waals surface area contributed by atoms with Crippen LogP contribution >= 0.6 is 0 Å². The van der Waals surface area contributed by atoms with Gasteiger partial charge in [0.25, 0.3) is 0 Å². The summed E-state index contributed by atoms with van der Waals surface area (Å²) in [6.45, 7) is 7.93. The average molecular weight is 190 g/mol. The van der Waals surface area contributed by atoms with Gasteiger partial charge in [0.05, 0.1) is 5.69 Å². The zero-order valence-electron chi connectivity index (χ0n) is 8.96. The number of hydrogen-bond acceptors (Lipinski definition) is 2. The van der Waals surface area contributed by atoms with Gasteiger partial charge >= 0.3 is 0 Å². The van der Waals surface area contributed by atoms with Crippen molar-refractivity contribution in [3.63, 3.8) is 0 Å². The number of pyridine rings is 1. The first-order chi connectivity index (χ1) is 6.72. The van der Waals surface area contributed by atoms with E-state index in [2.05, 4.69) is 29.9 Å². The Bertz CT molecular complexity index is 294. The Hall–Kier alpha value is -1.31. The van der Waals surface area contributed by atoms with E-state index < -0.39 is 0 Å². The second-order valence-corrected chi connectivity index (χ2v) is 3.66. The summed E-state index contributed by atoms with van der Waals surface area (Å²) in [6, 6.07) is 2.58. The summed E-state index contributed by atoms with van der Waals surface area (Å²) in [5.41, 5.74) is 2.28. The fourth-order valence-corrected chi connectivity index (χ4v) is 1.36. The lowest BCUT2D eigenvalue weighted by Gasteiger charge is -2.14. The normalized spacial score (nSPS) is 12.1. The van der Waals surface area contributed by atoms with Crippen LogP contribution in [0.3, 0.4) is 0 Å². The van der Waals surface area contributed by atoms with Crippen LogP contribution in [-0.2, 0) is 0 Å². The number of aryl methyl sites for hydroxylation is 1. The minimum atomic E-state index is 0.469. The Labute approximate surface area is 86.1 Å². The smallest absolute Gasteiger partial charge is 0.0531 e. The van der Waals surface area contributed by atoms with Crippen molar-refractivity contribution in [3.8, 4) is 0 Å². The van der Waals surface area contributed by atoms with Crippen molar-refractivity contribution in [1.29, 1.82) is 0 Å². The molecule has 14 heavy (non-hydrogen) atoms. The van der Waals surface area contributed by atoms with Crippen molar-refractivity contribution in [2.24, 2.45) is 0 Å². The van der Waals surface area contributed by atoms with Crippen LogP contribution in [0.25, 0.3) is 0 Å².